The second kappa shape index (κ2) is 5.26. The van der Waals surface area contributed by atoms with Crippen molar-refractivity contribution in [2.24, 2.45) is 12.2 Å². The van der Waals surface area contributed by atoms with Crippen LogP contribution in [0.3, 0.4) is 0 Å². The number of nitrogens with zero attached hydrogens (tertiary/aromatic N) is 2. The minimum atomic E-state index is -3.64. The average Bonchev–Trinajstić information content (AvgIpc) is 2.67. The number of rotatable bonds is 4. The molecule has 0 aliphatic carbocycles. The summed E-state index contributed by atoms with van der Waals surface area (Å²) in [5.74, 6) is 0. The molecule has 1 aromatic heterocycles. The third-order valence-corrected chi connectivity index (χ3v) is 4.02. The van der Waals surface area contributed by atoms with Crippen LogP contribution in [0.4, 0.5) is 5.69 Å². The van der Waals surface area contributed by atoms with Crippen LogP contribution in [0, 0.1) is 6.92 Å². The van der Waals surface area contributed by atoms with Crippen molar-refractivity contribution in [2.75, 3.05) is 5.32 Å². The molecule has 1 unspecified atom stereocenters. The summed E-state index contributed by atoms with van der Waals surface area (Å²) < 4.78 is 24.2. The lowest BCUT2D eigenvalue weighted by Crippen LogP contribution is -2.12. The standard InChI is InChI=1S/C13H18N4O2S/c1-9(15-13-8-17(3)16-10(13)2)11-4-6-12(7-5-11)20(14,18)19/h4-9,15H,1-3H3,(H2,14,18,19). The fourth-order valence-electron chi connectivity index (χ4n) is 2.00. The zero-order valence-electron chi connectivity index (χ0n) is 11.7. The SMILES string of the molecule is Cc1nn(C)cc1NC(C)c1ccc(S(N)(=O)=O)cc1. The van der Waals surface area contributed by atoms with Crippen molar-refractivity contribution < 1.29 is 8.42 Å². The van der Waals surface area contributed by atoms with E-state index < -0.39 is 10.0 Å². The summed E-state index contributed by atoms with van der Waals surface area (Å²) >= 11 is 0. The highest BCUT2D eigenvalue weighted by Crippen LogP contribution is 2.22. The Kier molecular flexibility index (Phi) is 3.82. The van der Waals surface area contributed by atoms with Gasteiger partial charge >= 0.3 is 0 Å². The lowest BCUT2D eigenvalue weighted by Gasteiger charge is -2.15. The molecule has 0 fully saturated rings. The van der Waals surface area contributed by atoms with E-state index in [0.29, 0.717) is 0 Å². The van der Waals surface area contributed by atoms with E-state index in [9.17, 15) is 8.42 Å². The third-order valence-electron chi connectivity index (χ3n) is 3.09. The number of primary sulfonamides is 1. The normalized spacial score (nSPS) is 13.2. The largest absolute Gasteiger partial charge is 0.376 e. The second-order valence-corrected chi connectivity index (χ2v) is 6.34. The Balaban J connectivity index is 2.17. The summed E-state index contributed by atoms with van der Waals surface area (Å²) in [5.41, 5.74) is 2.84. The van der Waals surface area contributed by atoms with Crippen LogP contribution < -0.4 is 10.5 Å². The fraction of sp³-hybridized carbons (Fsp3) is 0.308. The number of nitrogens with two attached hydrogens (primary N) is 1. The molecule has 3 N–H and O–H groups in total. The summed E-state index contributed by atoms with van der Waals surface area (Å²) in [6.45, 7) is 3.93. The number of aromatic nitrogens is 2. The van der Waals surface area contributed by atoms with Gasteiger partial charge in [-0.05, 0) is 31.5 Å². The minimum Gasteiger partial charge on any atom is -0.376 e. The average molecular weight is 294 g/mol. The molecule has 2 aromatic rings. The zero-order chi connectivity index (χ0) is 14.9. The molecule has 0 saturated carbocycles. The van der Waals surface area contributed by atoms with Crippen LogP contribution in [0.5, 0.6) is 0 Å². The molecule has 108 valence electrons. The van der Waals surface area contributed by atoms with E-state index in [0.717, 1.165) is 16.9 Å². The first-order valence-electron chi connectivity index (χ1n) is 6.17. The van der Waals surface area contributed by atoms with Gasteiger partial charge in [0.25, 0.3) is 0 Å². The third kappa shape index (κ3) is 3.17. The maximum atomic E-state index is 11.2. The predicted octanol–water partition coefficient (Wildman–Crippen LogP) is 1.55. The zero-order valence-corrected chi connectivity index (χ0v) is 12.5. The molecule has 20 heavy (non-hydrogen) atoms. The Hall–Kier alpha value is -1.86. The van der Waals surface area contributed by atoms with E-state index in [1.54, 1.807) is 16.8 Å². The Morgan fingerprint density at radius 1 is 1.30 bits per heavy atom. The van der Waals surface area contributed by atoms with Crippen LogP contribution in [0.15, 0.2) is 35.4 Å². The fourth-order valence-corrected chi connectivity index (χ4v) is 2.52. The van der Waals surface area contributed by atoms with Crippen molar-refractivity contribution >= 4 is 15.7 Å². The lowest BCUT2D eigenvalue weighted by molar-refractivity contribution is 0.597. The van der Waals surface area contributed by atoms with Crippen LogP contribution in [0.2, 0.25) is 0 Å². The van der Waals surface area contributed by atoms with E-state index in [4.69, 9.17) is 5.14 Å². The number of nitrogens with one attached hydrogen (secondary N) is 1. The first-order valence-corrected chi connectivity index (χ1v) is 7.71. The summed E-state index contributed by atoms with van der Waals surface area (Å²) in [6.07, 6.45) is 1.91. The molecule has 0 saturated heterocycles. The molecule has 0 aliphatic rings. The Labute approximate surface area is 118 Å². The van der Waals surface area contributed by atoms with E-state index >= 15 is 0 Å². The molecular weight excluding hydrogens is 276 g/mol. The molecule has 1 atom stereocenters. The molecule has 0 aliphatic heterocycles. The number of benzene rings is 1. The highest BCUT2D eigenvalue weighted by Gasteiger charge is 2.11. The first-order chi connectivity index (χ1) is 9.27. The molecule has 0 radical (unpaired) electrons. The number of aryl methyl sites for hydroxylation is 2. The number of hydrogen-bond acceptors (Lipinski definition) is 4. The van der Waals surface area contributed by atoms with Gasteiger partial charge in [-0.25, -0.2) is 13.6 Å². The summed E-state index contributed by atoms with van der Waals surface area (Å²) in [5, 5.41) is 12.7. The Morgan fingerprint density at radius 3 is 2.35 bits per heavy atom. The van der Waals surface area contributed by atoms with Gasteiger partial charge in [0.15, 0.2) is 0 Å². The number of anilines is 1. The van der Waals surface area contributed by atoms with Gasteiger partial charge < -0.3 is 5.32 Å². The molecule has 7 heteroatoms. The molecular formula is C13H18N4O2S. The van der Waals surface area contributed by atoms with Crippen LogP contribution in [-0.2, 0) is 17.1 Å². The van der Waals surface area contributed by atoms with Crippen LogP contribution in [0.1, 0.15) is 24.2 Å². The predicted molar refractivity (Wildman–Crippen MR) is 77.8 cm³/mol. The van der Waals surface area contributed by atoms with E-state index in [-0.39, 0.29) is 10.9 Å². The minimum absolute atomic E-state index is 0.0347. The van der Waals surface area contributed by atoms with Crippen molar-refractivity contribution in [3.8, 4) is 0 Å². The van der Waals surface area contributed by atoms with Gasteiger partial charge in [-0.2, -0.15) is 5.10 Å². The van der Waals surface area contributed by atoms with Gasteiger partial charge in [0.1, 0.15) is 0 Å². The lowest BCUT2D eigenvalue weighted by atomic mass is 10.1. The highest BCUT2D eigenvalue weighted by molar-refractivity contribution is 7.89. The highest BCUT2D eigenvalue weighted by atomic mass is 32.2. The number of sulfonamides is 1. The van der Waals surface area contributed by atoms with E-state index in [1.807, 2.05) is 27.1 Å². The van der Waals surface area contributed by atoms with E-state index in [1.165, 1.54) is 12.1 Å². The first kappa shape index (κ1) is 14.5. The smallest absolute Gasteiger partial charge is 0.238 e. The molecule has 2 rings (SSSR count). The van der Waals surface area contributed by atoms with Crippen molar-refractivity contribution in [1.82, 2.24) is 9.78 Å². The van der Waals surface area contributed by atoms with Gasteiger partial charge in [-0.3, -0.25) is 4.68 Å². The Bertz CT molecular complexity index is 704. The monoisotopic (exact) mass is 294 g/mol. The molecule has 0 amide bonds. The summed E-state index contributed by atoms with van der Waals surface area (Å²) in [4.78, 5) is 0.117. The van der Waals surface area contributed by atoms with Crippen molar-refractivity contribution in [3.63, 3.8) is 0 Å². The van der Waals surface area contributed by atoms with Crippen LogP contribution in [-0.4, -0.2) is 18.2 Å². The topological polar surface area (TPSA) is 90.0 Å². The summed E-state index contributed by atoms with van der Waals surface area (Å²) in [7, 11) is -1.78. The van der Waals surface area contributed by atoms with E-state index in [2.05, 4.69) is 10.4 Å². The molecule has 6 nitrogen and oxygen atoms in total. The number of hydrogen-bond donors (Lipinski definition) is 2. The maximum absolute atomic E-state index is 11.2. The maximum Gasteiger partial charge on any atom is 0.238 e. The van der Waals surface area contributed by atoms with Gasteiger partial charge in [-0.15, -0.1) is 0 Å². The van der Waals surface area contributed by atoms with Crippen LogP contribution in [0.25, 0.3) is 0 Å². The van der Waals surface area contributed by atoms with Crippen molar-refractivity contribution in [1.29, 1.82) is 0 Å². The Morgan fingerprint density at radius 2 is 1.90 bits per heavy atom. The van der Waals surface area contributed by atoms with Gasteiger partial charge in [0.05, 0.1) is 16.3 Å². The molecule has 0 spiro atoms. The van der Waals surface area contributed by atoms with Gasteiger partial charge in [-0.1, -0.05) is 12.1 Å². The quantitative estimate of drug-likeness (QED) is 0.895. The van der Waals surface area contributed by atoms with Crippen molar-refractivity contribution in [3.05, 3.63) is 41.7 Å². The summed E-state index contributed by atoms with van der Waals surface area (Å²) in [6, 6.07) is 6.57. The van der Waals surface area contributed by atoms with Gasteiger partial charge in [0.2, 0.25) is 10.0 Å². The molecule has 0 bridgehead atoms. The van der Waals surface area contributed by atoms with Gasteiger partial charge in [0, 0.05) is 19.3 Å². The van der Waals surface area contributed by atoms with Crippen LogP contribution >= 0.6 is 0 Å². The molecule has 1 heterocycles. The second-order valence-electron chi connectivity index (χ2n) is 4.78. The van der Waals surface area contributed by atoms with Crippen molar-refractivity contribution in [2.45, 2.75) is 24.8 Å². The molecule has 1 aromatic carbocycles.